The summed E-state index contributed by atoms with van der Waals surface area (Å²) in [6, 6.07) is 0. The molecule has 324 valence electrons. The molecule has 4 N–H and O–H groups in total. The summed E-state index contributed by atoms with van der Waals surface area (Å²) < 4.78 is 22.1. The molecule has 1 saturated heterocycles. The SMILES string of the molecule is CCCCC/C=C/CCCCCCCC(=O)OC[C@H](CO[C@@H]1O[C@H](CO)[C@H](O)C(O)C1O)OC(=O)CCCCCCCCCCCCCCCCCCCC. The lowest BCUT2D eigenvalue weighted by Crippen LogP contribution is -2.59. The van der Waals surface area contributed by atoms with Crippen LogP contribution in [0, 0.1) is 0 Å². The quantitative estimate of drug-likeness (QED) is 0.0271. The smallest absolute Gasteiger partial charge is 0.306 e. The van der Waals surface area contributed by atoms with Crippen LogP contribution in [0.5, 0.6) is 0 Å². The Kier molecular flexibility index (Phi) is 34.4. The minimum atomic E-state index is -1.59. The second kappa shape index (κ2) is 36.8. The molecule has 1 aliphatic rings. The highest BCUT2D eigenvalue weighted by Gasteiger charge is 2.44. The highest BCUT2D eigenvalue weighted by atomic mass is 16.7. The van der Waals surface area contributed by atoms with Gasteiger partial charge in [0.1, 0.15) is 31.0 Å². The third-order valence-corrected chi connectivity index (χ3v) is 10.7. The maximum Gasteiger partial charge on any atom is 0.306 e. The Morgan fingerprint density at radius 3 is 1.45 bits per heavy atom. The number of esters is 2. The van der Waals surface area contributed by atoms with Gasteiger partial charge < -0.3 is 39.4 Å². The first-order valence-corrected chi connectivity index (χ1v) is 22.8. The fourth-order valence-electron chi connectivity index (χ4n) is 7.01. The molecular weight excluding hydrogens is 700 g/mol. The van der Waals surface area contributed by atoms with E-state index in [0.29, 0.717) is 6.42 Å². The van der Waals surface area contributed by atoms with Gasteiger partial charge >= 0.3 is 11.9 Å². The van der Waals surface area contributed by atoms with Crippen LogP contribution >= 0.6 is 0 Å². The molecule has 2 unspecified atom stereocenters. The van der Waals surface area contributed by atoms with Crippen LogP contribution in [-0.2, 0) is 28.5 Å². The number of ether oxygens (including phenoxy) is 4. The van der Waals surface area contributed by atoms with Crippen molar-refractivity contribution in [3.63, 3.8) is 0 Å². The number of carbonyl (C=O) groups is 2. The van der Waals surface area contributed by atoms with E-state index in [-0.39, 0.29) is 32.0 Å². The molecule has 10 heteroatoms. The van der Waals surface area contributed by atoms with Gasteiger partial charge in [-0.3, -0.25) is 9.59 Å². The van der Waals surface area contributed by atoms with Crippen molar-refractivity contribution in [2.45, 2.75) is 243 Å². The van der Waals surface area contributed by atoms with E-state index >= 15 is 0 Å². The molecule has 0 aromatic heterocycles. The number of unbranched alkanes of at least 4 members (excludes halogenated alkanes) is 25. The Hall–Kier alpha value is -1.56. The van der Waals surface area contributed by atoms with Gasteiger partial charge in [-0.25, -0.2) is 0 Å². The van der Waals surface area contributed by atoms with Gasteiger partial charge in [-0.2, -0.15) is 0 Å². The van der Waals surface area contributed by atoms with Crippen molar-refractivity contribution in [1.29, 1.82) is 0 Å². The van der Waals surface area contributed by atoms with E-state index in [9.17, 15) is 30.0 Å². The van der Waals surface area contributed by atoms with E-state index in [1.54, 1.807) is 0 Å². The molecule has 1 fully saturated rings. The lowest BCUT2D eigenvalue weighted by Gasteiger charge is -2.39. The van der Waals surface area contributed by atoms with Crippen LogP contribution in [0.4, 0.5) is 0 Å². The number of allylic oxidation sites excluding steroid dienone is 2. The summed E-state index contributed by atoms with van der Waals surface area (Å²) in [6.45, 7) is 3.41. The van der Waals surface area contributed by atoms with Crippen molar-refractivity contribution in [1.82, 2.24) is 0 Å². The molecule has 0 aromatic rings. The fraction of sp³-hybridized carbons (Fsp3) is 0.911. The Labute approximate surface area is 335 Å². The number of rotatable bonds is 38. The summed E-state index contributed by atoms with van der Waals surface area (Å²) in [5, 5.41) is 40.0. The Morgan fingerprint density at radius 2 is 0.964 bits per heavy atom. The third kappa shape index (κ3) is 28.5. The molecule has 1 heterocycles. The zero-order chi connectivity index (χ0) is 40.2. The van der Waals surface area contributed by atoms with Crippen molar-refractivity contribution in [2.24, 2.45) is 0 Å². The standard InChI is InChI=1S/C45H84O10/c1-3-5-7-9-11-13-15-17-18-19-20-21-22-24-26-28-30-32-34-41(48)54-38(37-53-45-44(51)43(50)42(49)39(35-46)55-45)36-52-40(47)33-31-29-27-25-23-16-14-12-10-8-6-4-2/h12,14,38-39,42-46,49-51H,3-11,13,15-37H2,1-2H3/b14-12+/t38-,39-,42+,43?,44?,45-/m1/s1. The van der Waals surface area contributed by atoms with Gasteiger partial charge in [-0.05, 0) is 38.5 Å². The molecule has 1 rings (SSSR count). The van der Waals surface area contributed by atoms with Crippen molar-refractivity contribution in [3.8, 4) is 0 Å². The molecule has 0 radical (unpaired) electrons. The summed E-state index contributed by atoms with van der Waals surface area (Å²) in [7, 11) is 0. The number of aliphatic hydroxyl groups is 4. The number of carbonyl (C=O) groups excluding carboxylic acids is 2. The minimum absolute atomic E-state index is 0.217. The van der Waals surface area contributed by atoms with Gasteiger partial charge in [-0.15, -0.1) is 0 Å². The highest BCUT2D eigenvalue weighted by molar-refractivity contribution is 5.70. The van der Waals surface area contributed by atoms with Crippen LogP contribution in [0.3, 0.4) is 0 Å². The fourth-order valence-corrected chi connectivity index (χ4v) is 7.01. The largest absolute Gasteiger partial charge is 0.462 e. The van der Waals surface area contributed by atoms with Crippen LogP contribution in [0.1, 0.15) is 206 Å². The van der Waals surface area contributed by atoms with Crippen LogP contribution in [0.25, 0.3) is 0 Å². The Bertz CT molecular complexity index is 912. The molecule has 6 atom stereocenters. The van der Waals surface area contributed by atoms with Gasteiger partial charge in [0.2, 0.25) is 0 Å². The predicted molar refractivity (Wildman–Crippen MR) is 220 cm³/mol. The van der Waals surface area contributed by atoms with E-state index in [1.807, 2.05) is 0 Å². The van der Waals surface area contributed by atoms with Crippen LogP contribution in [0.2, 0.25) is 0 Å². The molecule has 0 aliphatic carbocycles. The first kappa shape index (κ1) is 51.5. The number of hydrogen-bond acceptors (Lipinski definition) is 10. The summed E-state index contributed by atoms with van der Waals surface area (Å²) in [5.41, 5.74) is 0. The van der Waals surface area contributed by atoms with E-state index in [0.717, 1.165) is 64.2 Å². The first-order chi connectivity index (χ1) is 26.8. The average molecular weight is 785 g/mol. The van der Waals surface area contributed by atoms with Crippen molar-refractivity contribution in [3.05, 3.63) is 12.2 Å². The summed E-state index contributed by atoms with van der Waals surface area (Å²) >= 11 is 0. The van der Waals surface area contributed by atoms with Crippen LogP contribution in [0.15, 0.2) is 12.2 Å². The number of aliphatic hydroxyl groups excluding tert-OH is 4. The maximum absolute atomic E-state index is 12.8. The Morgan fingerprint density at radius 1 is 0.545 bits per heavy atom. The molecule has 1 aliphatic heterocycles. The van der Waals surface area contributed by atoms with Crippen molar-refractivity contribution < 1.29 is 49.0 Å². The van der Waals surface area contributed by atoms with Crippen LogP contribution < -0.4 is 0 Å². The topological polar surface area (TPSA) is 152 Å². The third-order valence-electron chi connectivity index (χ3n) is 10.7. The van der Waals surface area contributed by atoms with E-state index in [4.69, 9.17) is 18.9 Å². The van der Waals surface area contributed by atoms with Crippen LogP contribution in [-0.4, -0.2) is 89.0 Å². The zero-order valence-corrected chi connectivity index (χ0v) is 35.2. The Balaban J connectivity index is 2.30. The minimum Gasteiger partial charge on any atom is -0.462 e. The normalized spacial score (nSPS) is 20.6. The number of hydrogen-bond donors (Lipinski definition) is 4. The summed E-state index contributed by atoms with van der Waals surface area (Å²) in [5.74, 6) is -0.807. The molecule has 0 amide bonds. The molecule has 10 nitrogen and oxygen atoms in total. The van der Waals surface area contributed by atoms with E-state index in [2.05, 4.69) is 26.0 Å². The second-order valence-electron chi connectivity index (χ2n) is 15.9. The molecule has 0 spiro atoms. The molecular formula is C45H84O10. The zero-order valence-electron chi connectivity index (χ0n) is 35.2. The highest BCUT2D eigenvalue weighted by Crippen LogP contribution is 2.23. The summed E-state index contributed by atoms with van der Waals surface area (Å²) in [6.07, 6.45) is 30.8. The molecule has 55 heavy (non-hydrogen) atoms. The molecule has 0 aromatic carbocycles. The average Bonchev–Trinajstić information content (AvgIpc) is 3.18. The lowest BCUT2D eigenvalue weighted by atomic mass is 9.99. The first-order valence-electron chi connectivity index (χ1n) is 22.8. The summed E-state index contributed by atoms with van der Waals surface area (Å²) in [4.78, 5) is 25.3. The second-order valence-corrected chi connectivity index (χ2v) is 15.9. The van der Waals surface area contributed by atoms with Gasteiger partial charge in [0, 0.05) is 12.8 Å². The predicted octanol–water partition coefficient (Wildman–Crippen LogP) is 9.56. The lowest BCUT2D eigenvalue weighted by molar-refractivity contribution is -0.305. The van der Waals surface area contributed by atoms with Gasteiger partial charge in [0.25, 0.3) is 0 Å². The van der Waals surface area contributed by atoms with E-state index < -0.39 is 49.4 Å². The van der Waals surface area contributed by atoms with Gasteiger partial charge in [0.05, 0.1) is 13.2 Å². The van der Waals surface area contributed by atoms with Crippen molar-refractivity contribution in [2.75, 3.05) is 19.8 Å². The van der Waals surface area contributed by atoms with E-state index in [1.165, 1.54) is 109 Å². The van der Waals surface area contributed by atoms with Crippen molar-refractivity contribution >= 4 is 11.9 Å². The van der Waals surface area contributed by atoms with Gasteiger partial charge in [-0.1, -0.05) is 167 Å². The van der Waals surface area contributed by atoms with Gasteiger partial charge in [0.15, 0.2) is 12.4 Å². The molecule has 0 bridgehead atoms. The molecule has 0 saturated carbocycles. The maximum atomic E-state index is 12.8. The monoisotopic (exact) mass is 785 g/mol.